The van der Waals surface area contributed by atoms with Crippen molar-refractivity contribution in [3.8, 4) is 22.6 Å². The zero-order chi connectivity index (χ0) is 40.6. The van der Waals surface area contributed by atoms with E-state index in [1.807, 2.05) is 60.7 Å². The standard InChI is InChI=1S/C52H34BNO/c1-4-18-36(19-5-1)53(48-28-14-17-35-16-10-11-24-40(35)48)49-34-46-44-27-15-29-50-52(44)47(33-45(46)41-25-12-13-26-42(41)49)43-31-30-39(32-51(43)55-50)54(37-20-6-2-7-21-37)38-22-8-3-9-23-38/h1-34H/i2D,6D,7D,20D,21D. The molecule has 0 bridgehead atoms. The molecule has 0 aliphatic carbocycles. The zero-order valence-corrected chi connectivity index (χ0v) is 29.7. The quantitative estimate of drug-likeness (QED) is 0.126. The van der Waals surface area contributed by atoms with Gasteiger partial charge in [0.05, 0.1) is 6.85 Å². The minimum absolute atomic E-state index is 0.0385. The minimum atomic E-state index is -0.434. The maximum absolute atomic E-state index is 8.90. The van der Waals surface area contributed by atoms with Gasteiger partial charge in [0, 0.05) is 34.1 Å². The van der Waals surface area contributed by atoms with Crippen LogP contribution < -0.4 is 26.0 Å². The Balaban J connectivity index is 1.15. The van der Waals surface area contributed by atoms with Crippen molar-refractivity contribution in [2.45, 2.75) is 0 Å². The highest BCUT2D eigenvalue weighted by Crippen LogP contribution is 2.51. The number of para-hydroxylation sites is 2. The van der Waals surface area contributed by atoms with Crippen LogP contribution in [0.1, 0.15) is 6.85 Å². The number of anilines is 3. The van der Waals surface area contributed by atoms with Crippen molar-refractivity contribution in [1.82, 2.24) is 0 Å². The first kappa shape index (κ1) is 26.6. The van der Waals surface area contributed by atoms with Crippen LogP contribution in [0.4, 0.5) is 17.1 Å². The van der Waals surface area contributed by atoms with Crippen molar-refractivity contribution >= 4 is 83.3 Å². The zero-order valence-electron chi connectivity index (χ0n) is 34.7. The SMILES string of the molecule is [2H]c1c([2H])c([2H])c(N(c2ccccc2)c2ccc3c(c2)Oc2cccc4c2c-3cc2c3ccccc3c(B(c3ccccc3)c3cccc5ccccc35)cc42)c([2H])c1[2H]. The first-order valence-electron chi connectivity index (χ1n) is 21.1. The number of nitrogens with zero attached hydrogens (tertiary/aromatic N) is 1. The summed E-state index contributed by atoms with van der Waals surface area (Å²) < 4.78 is 49.8. The van der Waals surface area contributed by atoms with E-state index < -0.39 is 18.1 Å². The Hall–Kier alpha value is -7.10. The van der Waals surface area contributed by atoms with Crippen LogP contribution in [0.2, 0.25) is 0 Å². The molecule has 0 N–H and O–H groups in total. The second kappa shape index (κ2) is 12.8. The molecule has 10 aromatic carbocycles. The molecule has 0 radical (unpaired) electrons. The summed E-state index contributed by atoms with van der Waals surface area (Å²) in [4.78, 5) is 1.72. The summed E-state index contributed by atoms with van der Waals surface area (Å²) in [6, 6.07) is 59.2. The van der Waals surface area contributed by atoms with Crippen molar-refractivity contribution in [2.24, 2.45) is 0 Å². The van der Waals surface area contributed by atoms with Crippen LogP contribution in [-0.2, 0) is 0 Å². The Bertz CT molecular complexity index is 3340. The van der Waals surface area contributed by atoms with E-state index in [2.05, 4.69) is 115 Å². The number of rotatable bonds is 6. The molecule has 0 saturated carbocycles. The van der Waals surface area contributed by atoms with Gasteiger partial charge in [-0.2, -0.15) is 0 Å². The number of hydrogen-bond acceptors (Lipinski definition) is 2. The normalized spacial score (nSPS) is 13.1. The van der Waals surface area contributed by atoms with Crippen molar-refractivity contribution < 1.29 is 11.6 Å². The Morgan fingerprint density at radius 2 is 1.09 bits per heavy atom. The molecular formula is C52H34BNO. The van der Waals surface area contributed by atoms with Crippen LogP contribution in [0.15, 0.2) is 206 Å². The Morgan fingerprint density at radius 1 is 0.418 bits per heavy atom. The van der Waals surface area contributed by atoms with Gasteiger partial charge in [0.2, 0.25) is 6.71 Å². The summed E-state index contributed by atoms with van der Waals surface area (Å²) in [5.41, 5.74) is 6.99. The van der Waals surface area contributed by atoms with E-state index >= 15 is 0 Å². The van der Waals surface area contributed by atoms with E-state index in [9.17, 15) is 0 Å². The third-order valence-corrected chi connectivity index (χ3v) is 11.0. The molecule has 55 heavy (non-hydrogen) atoms. The summed E-state index contributed by atoms with van der Waals surface area (Å²) in [7, 11) is 0. The van der Waals surface area contributed by atoms with Gasteiger partial charge < -0.3 is 9.64 Å². The number of benzene rings is 10. The van der Waals surface area contributed by atoms with Crippen LogP contribution in [0, 0.1) is 0 Å². The van der Waals surface area contributed by atoms with Gasteiger partial charge in [-0.25, -0.2) is 0 Å². The molecule has 1 aliphatic rings. The highest BCUT2D eigenvalue weighted by atomic mass is 16.5. The fourth-order valence-corrected chi connectivity index (χ4v) is 8.68. The first-order chi connectivity index (χ1) is 29.4. The van der Waals surface area contributed by atoms with Gasteiger partial charge >= 0.3 is 0 Å². The van der Waals surface area contributed by atoms with Crippen LogP contribution in [0.25, 0.3) is 54.2 Å². The molecule has 0 atom stereocenters. The number of hydrogen-bond donors (Lipinski definition) is 0. The van der Waals surface area contributed by atoms with E-state index in [0.717, 1.165) is 43.8 Å². The second-order valence-electron chi connectivity index (χ2n) is 14.0. The Labute approximate surface area is 327 Å². The fourth-order valence-electron chi connectivity index (χ4n) is 8.68. The van der Waals surface area contributed by atoms with Crippen molar-refractivity contribution in [3.63, 3.8) is 0 Å². The molecule has 256 valence electrons. The van der Waals surface area contributed by atoms with Crippen LogP contribution in [0.5, 0.6) is 11.5 Å². The molecule has 0 spiro atoms. The van der Waals surface area contributed by atoms with Gasteiger partial charge in [0.1, 0.15) is 11.5 Å². The summed E-state index contributed by atoms with van der Waals surface area (Å²) in [5.74, 6) is 1.34. The predicted octanol–water partition coefficient (Wildman–Crippen LogP) is 12.1. The molecule has 3 heteroatoms. The van der Waals surface area contributed by atoms with Gasteiger partial charge in [0.15, 0.2) is 0 Å². The second-order valence-corrected chi connectivity index (χ2v) is 14.0. The molecular weight excluding hydrogens is 665 g/mol. The van der Waals surface area contributed by atoms with Crippen LogP contribution in [-0.4, -0.2) is 6.71 Å². The molecule has 0 saturated heterocycles. The average molecular weight is 705 g/mol. The van der Waals surface area contributed by atoms with E-state index in [4.69, 9.17) is 11.6 Å². The summed E-state index contributed by atoms with van der Waals surface area (Å²) in [6.07, 6.45) is 0. The molecule has 0 unspecified atom stereocenters. The predicted molar refractivity (Wildman–Crippen MR) is 234 cm³/mol. The van der Waals surface area contributed by atoms with Gasteiger partial charge in [-0.1, -0.05) is 168 Å². The molecule has 0 amide bonds. The van der Waals surface area contributed by atoms with E-state index in [-0.39, 0.29) is 24.5 Å². The molecule has 0 aromatic heterocycles. The maximum Gasteiger partial charge on any atom is 0.242 e. The lowest BCUT2D eigenvalue weighted by atomic mass is 9.35. The third-order valence-electron chi connectivity index (χ3n) is 11.0. The first-order valence-corrected chi connectivity index (χ1v) is 18.6. The highest BCUT2D eigenvalue weighted by molar-refractivity contribution is 6.98. The molecule has 1 heterocycles. The number of fused-ring (bicyclic) bond motifs is 7. The topological polar surface area (TPSA) is 12.5 Å². The van der Waals surface area contributed by atoms with Gasteiger partial charge in [-0.3, -0.25) is 0 Å². The number of ether oxygens (including phenoxy) is 1. The smallest absolute Gasteiger partial charge is 0.242 e. The van der Waals surface area contributed by atoms with Crippen molar-refractivity contribution in [2.75, 3.05) is 4.90 Å². The lowest BCUT2D eigenvalue weighted by Gasteiger charge is -2.28. The Kier molecular flexibility index (Phi) is 6.19. The molecule has 2 nitrogen and oxygen atoms in total. The van der Waals surface area contributed by atoms with E-state index in [1.54, 1.807) is 4.90 Å². The highest BCUT2D eigenvalue weighted by Gasteiger charge is 2.29. The lowest BCUT2D eigenvalue weighted by Crippen LogP contribution is -2.52. The monoisotopic (exact) mass is 704 g/mol. The maximum atomic E-state index is 8.90. The van der Waals surface area contributed by atoms with Crippen molar-refractivity contribution in [1.29, 1.82) is 0 Å². The fraction of sp³-hybridized carbons (Fsp3) is 0. The molecule has 0 fully saturated rings. The lowest BCUT2D eigenvalue weighted by molar-refractivity contribution is 0.487. The largest absolute Gasteiger partial charge is 0.456 e. The van der Waals surface area contributed by atoms with E-state index in [0.29, 0.717) is 17.1 Å². The Morgan fingerprint density at radius 3 is 1.93 bits per heavy atom. The van der Waals surface area contributed by atoms with Crippen LogP contribution in [0.3, 0.4) is 0 Å². The average Bonchev–Trinajstić information content (AvgIpc) is 3.30. The minimum Gasteiger partial charge on any atom is -0.456 e. The molecule has 1 aliphatic heterocycles. The van der Waals surface area contributed by atoms with Gasteiger partial charge in [0.25, 0.3) is 0 Å². The van der Waals surface area contributed by atoms with Gasteiger partial charge in [-0.15, -0.1) is 0 Å². The summed E-state index contributed by atoms with van der Waals surface area (Å²) in [5, 5.41) is 9.20. The van der Waals surface area contributed by atoms with E-state index in [1.165, 1.54) is 32.5 Å². The van der Waals surface area contributed by atoms with Crippen molar-refractivity contribution in [3.05, 3.63) is 206 Å². The van der Waals surface area contributed by atoms with Gasteiger partial charge in [-0.05, 0) is 91.8 Å². The third kappa shape index (κ3) is 5.12. The molecule has 10 aromatic rings. The summed E-state index contributed by atoms with van der Waals surface area (Å²) in [6.45, 7) is -0.0385. The summed E-state index contributed by atoms with van der Waals surface area (Å²) >= 11 is 0. The molecule has 11 rings (SSSR count). The van der Waals surface area contributed by atoms with Crippen LogP contribution >= 0.6 is 0 Å².